The molecule has 0 bridgehead atoms. The molecule has 8 heteroatoms. The van der Waals surface area contributed by atoms with Crippen molar-refractivity contribution in [1.82, 2.24) is 15.5 Å². The van der Waals surface area contributed by atoms with Gasteiger partial charge in [0.25, 0.3) is 0 Å². The molecule has 1 aromatic rings. The lowest BCUT2D eigenvalue weighted by molar-refractivity contribution is -0.138. The van der Waals surface area contributed by atoms with Crippen molar-refractivity contribution in [3.05, 3.63) is 35.4 Å². The highest BCUT2D eigenvalue weighted by atomic mass is 19.4. The highest BCUT2D eigenvalue weighted by Gasteiger charge is 2.36. The van der Waals surface area contributed by atoms with Crippen LogP contribution in [0.15, 0.2) is 24.3 Å². The van der Waals surface area contributed by atoms with Crippen molar-refractivity contribution in [1.29, 1.82) is 0 Å². The summed E-state index contributed by atoms with van der Waals surface area (Å²) in [6, 6.07) is 4.45. The lowest BCUT2D eigenvalue weighted by Gasteiger charge is -2.19. The number of carbonyl (C=O) groups excluding carboxylic acids is 2. The van der Waals surface area contributed by atoms with E-state index in [0.717, 1.165) is 6.07 Å². The number of alkyl halides is 3. The predicted octanol–water partition coefficient (Wildman–Crippen LogP) is 1.96. The summed E-state index contributed by atoms with van der Waals surface area (Å²) in [5.41, 5.74) is -0.856. The third-order valence-electron chi connectivity index (χ3n) is 4.32. The average molecular weight is 371 g/mol. The Balaban J connectivity index is 1.96. The summed E-state index contributed by atoms with van der Waals surface area (Å²) in [5.74, 6) is -0.591. The molecule has 26 heavy (non-hydrogen) atoms. The lowest BCUT2D eigenvalue weighted by atomic mass is 10.0. The number of amides is 2. The molecule has 1 fully saturated rings. The molecule has 2 amide bonds. The maximum absolute atomic E-state index is 13.0. The average Bonchev–Trinajstić information content (AvgIpc) is 2.86. The van der Waals surface area contributed by atoms with Crippen LogP contribution >= 0.6 is 0 Å². The van der Waals surface area contributed by atoms with Crippen molar-refractivity contribution in [2.24, 2.45) is 0 Å². The van der Waals surface area contributed by atoms with Gasteiger partial charge >= 0.3 is 6.18 Å². The van der Waals surface area contributed by atoms with Crippen LogP contribution in [0.5, 0.6) is 0 Å². The minimum Gasteiger partial charge on any atom is -0.353 e. The number of nitrogens with zero attached hydrogens (tertiary/aromatic N) is 1. The Bertz CT molecular complexity index is 661. The fourth-order valence-electron chi connectivity index (χ4n) is 3.19. The van der Waals surface area contributed by atoms with Gasteiger partial charge in [-0.2, -0.15) is 13.2 Å². The second-order valence-corrected chi connectivity index (χ2v) is 6.95. The Morgan fingerprint density at radius 2 is 1.92 bits per heavy atom. The second kappa shape index (κ2) is 8.07. The topological polar surface area (TPSA) is 61.4 Å². The molecule has 5 nitrogen and oxygen atoms in total. The highest BCUT2D eigenvalue weighted by Crippen LogP contribution is 2.32. The Morgan fingerprint density at radius 3 is 2.54 bits per heavy atom. The molecule has 0 aliphatic carbocycles. The lowest BCUT2D eigenvalue weighted by Crippen LogP contribution is -2.43. The minimum atomic E-state index is -4.50. The SMILES string of the molecule is CC(C)NC(=O)[C@@H]1C[C@@H](NC(=O)Cc2ccccc2C(F)(F)F)CN1C. The molecular formula is C18H24F3N3O2. The van der Waals surface area contributed by atoms with Gasteiger partial charge in [0.15, 0.2) is 0 Å². The van der Waals surface area contributed by atoms with Crippen LogP contribution in [0.1, 0.15) is 31.4 Å². The van der Waals surface area contributed by atoms with E-state index >= 15 is 0 Å². The van der Waals surface area contributed by atoms with Gasteiger partial charge in [0, 0.05) is 18.6 Å². The van der Waals surface area contributed by atoms with Crippen LogP contribution in [0.2, 0.25) is 0 Å². The van der Waals surface area contributed by atoms with Crippen molar-refractivity contribution >= 4 is 11.8 Å². The molecule has 0 aromatic heterocycles. The molecule has 0 radical (unpaired) electrons. The summed E-state index contributed by atoms with van der Waals surface area (Å²) in [6.07, 6.45) is -4.41. The van der Waals surface area contributed by atoms with Crippen molar-refractivity contribution in [2.45, 2.75) is 51.0 Å². The molecule has 1 heterocycles. The quantitative estimate of drug-likeness (QED) is 0.832. The third-order valence-corrected chi connectivity index (χ3v) is 4.32. The summed E-state index contributed by atoms with van der Waals surface area (Å²) in [5, 5.41) is 5.58. The summed E-state index contributed by atoms with van der Waals surface area (Å²) in [7, 11) is 1.79. The van der Waals surface area contributed by atoms with Gasteiger partial charge in [0.2, 0.25) is 11.8 Å². The molecule has 1 aliphatic rings. The fraction of sp³-hybridized carbons (Fsp3) is 0.556. The van der Waals surface area contributed by atoms with Gasteiger partial charge in [-0.05, 0) is 38.9 Å². The summed E-state index contributed by atoms with van der Waals surface area (Å²) < 4.78 is 39.0. The molecule has 1 saturated heterocycles. The van der Waals surface area contributed by atoms with E-state index in [1.165, 1.54) is 18.2 Å². The van der Waals surface area contributed by atoms with E-state index in [2.05, 4.69) is 10.6 Å². The maximum atomic E-state index is 13.0. The molecule has 2 atom stereocenters. The Hall–Kier alpha value is -2.09. The first-order chi connectivity index (χ1) is 12.1. The number of nitrogens with one attached hydrogen (secondary N) is 2. The number of likely N-dealkylation sites (N-methyl/N-ethyl adjacent to an activating group) is 1. The van der Waals surface area contributed by atoms with E-state index in [1.54, 1.807) is 7.05 Å². The standard InChI is InChI=1S/C18H24F3N3O2/c1-11(2)22-17(26)15-9-13(10-24(15)3)23-16(25)8-12-6-4-5-7-14(12)18(19,20)21/h4-7,11,13,15H,8-10H2,1-3H3,(H,22,26)(H,23,25)/t13-,15+/m1/s1. The van der Waals surface area contributed by atoms with Gasteiger partial charge in [-0.15, -0.1) is 0 Å². The summed E-state index contributed by atoms with van der Waals surface area (Å²) in [6.45, 7) is 4.21. The van der Waals surface area contributed by atoms with Crippen LogP contribution in [0, 0.1) is 0 Å². The number of hydrogen-bond donors (Lipinski definition) is 2. The van der Waals surface area contributed by atoms with Gasteiger partial charge in [-0.25, -0.2) is 0 Å². The molecule has 144 valence electrons. The predicted molar refractivity (Wildman–Crippen MR) is 91.4 cm³/mol. The molecular weight excluding hydrogens is 347 g/mol. The molecule has 0 unspecified atom stereocenters. The van der Waals surface area contributed by atoms with E-state index in [-0.39, 0.29) is 36.0 Å². The van der Waals surface area contributed by atoms with Gasteiger partial charge in [-0.1, -0.05) is 18.2 Å². The second-order valence-electron chi connectivity index (χ2n) is 6.95. The van der Waals surface area contributed by atoms with Crippen molar-refractivity contribution in [2.75, 3.05) is 13.6 Å². The first-order valence-electron chi connectivity index (χ1n) is 8.53. The number of rotatable bonds is 5. The van der Waals surface area contributed by atoms with Crippen LogP contribution < -0.4 is 10.6 Å². The zero-order valence-electron chi connectivity index (χ0n) is 15.1. The van der Waals surface area contributed by atoms with Crippen molar-refractivity contribution in [3.63, 3.8) is 0 Å². The zero-order valence-corrected chi connectivity index (χ0v) is 15.1. The molecule has 2 rings (SSSR count). The largest absolute Gasteiger partial charge is 0.416 e. The Morgan fingerprint density at radius 1 is 1.27 bits per heavy atom. The van der Waals surface area contributed by atoms with Crippen LogP contribution in [0.4, 0.5) is 13.2 Å². The molecule has 1 aromatic carbocycles. The molecule has 0 spiro atoms. The number of halogens is 3. The number of likely N-dealkylation sites (tertiary alicyclic amines) is 1. The fourth-order valence-corrected chi connectivity index (χ4v) is 3.19. The van der Waals surface area contributed by atoms with Crippen LogP contribution in [-0.4, -0.2) is 48.4 Å². The van der Waals surface area contributed by atoms with Crippen LogP contribution in [0.25, 0.3) is 0 Å². The van der Waals surface area contributed by atoms with E-state index in [1.807, 2.05) is 18.7 Å². The summed E-state index contributed by atoms with van der Waals surface area (Å²) >= 11 is 0. The van der Waals surface area contributed by atoms with Gasteiger partial charge in [0.05, 0.1) is 18.0 Å². The van der Waals surface area contributed by atoms with E-state index in [4.69, 9.17) is 0 Å². The van der Waals surface area contributed by atoms with E-state index in [0.29, 0.717) is 13.0 Å². The first kappa shape index (κ1) is 20.2. The van der Waals surface area contributed by atoms with Crippen LogP contribution in [0.3, 0.4) is 0 Å². The Kier molecular flexibility index (Phi) is 6.28. The molecule has 2 N–H and O–H groups in total. The van der Waals surface area contributed by atoms with Crippen LogP contribution in [-0.2, 0) is 22.2 Å². The van der Waals surface area contributed by atoms with E-state index < -0.39 is 17.6 Å². The highest BCUT2D eigenvalue weighted by molar-refractivity contribution is 5.83. The van der Waals surface area contributed by atoms with Crippen molar-refractivity contribution in [3.8, 4) is 0 Å². The van der Waals surface area contributed by atoms with Gasteiger partial charge in [0.1, 0.15) is 0 Å². The van der Waals surface area contributed by atoms with Gasteiger partial charge < -0.3 is 10.6 Å². The zero-order chi connectivity index (χ0) is 19.5. The third kappa shape index (κ3) is 5.20. The number of carbonyl (C=O) groups is 2. The van der Waals surface area contributed by atoms with E-state index in [9.17, 15) is 22.8 Å². The Labute approximate surface area is 150 Å². The molecule has 1 aliphatic heterocycles. The van der Waals surface area contributed by atoms with Crippen molar-refractivity contribution < 1.29 is 22.8 Å². The summed E-state index contributed by atoms with van der Waals surface area (Å²) in [4.78, 5) is 26.2. The minimum absolute atomic E-state index is 0.0170. The monoisotopic (exact) mass is 371 g/mol. The number of benzene rings is 1. The first-order valence-corrected chi connectivity index (χ1v) is 8.53. The smallest absolute Gasteiger partial charge is 0.353 e. The normalized spacial score (nSPS) is 21.0. The molecule has 0 saturated carbocycles. The maximum Gasteiger partial charge on any atom is 0.416 e. The van der Waals surface area contributed by atoms with Gasteiger partial charge in [-0.3, -0.25) is 14.5 Å². The number of hydrogen-bond acceptors (Lipinski definition) is 3.